The molecule has 0 atom stereocenters. The van der Waals surface area contributed by atoms with Crippen molar-refractivity contribution in [3.63, 3.8) is 0 Å². The fourth-order valence-electron chi connectivity index (χ4n) is 2.25. The minimum atomic E-state index is -0.196. The Kier molecular flexibility index (Phi) is 6.15. The van der Waals surface area contributed by atoms with Crippen LogP contribution in [0.4, 0.5) is 5.69 Å². The fraction of sp³-hybridized carbons (Fsp3) is 0.176. The molecule has 27 heavy (non-hydrogen) atoms. The summed E-state index contributed by atoms with van der Waals surface area (Å²) in [5.41, 5.74) is 1.36. The van der Waals surface area contributed by atoms with Gasteiger partial charge in [0.15, 0.2) is 11.5 Å². The highest BCUT2D eigenvalue weighted by atomic mass is 35.5. The third-order valence-corrected chi connectivity index (χ3v) is 4.68. The van der Waals surface area contributed by atoms with E-state index in [-0.39, 0.29) is 11.7 Å². The smallest absolute Gasteiger partial charge is 0.234 e. The van der Waals surface area contributed by atoms with Crippen molar-refractivity contribution < 1.29 is 14.3 Å². The van der Waals surface area contributed by atoms with Crippen LogP contribution >= 0.6 is 23.4 Å². The van der Waals surface area contributed by atoms with E-state index in [0.717, 1.165) is 5.69 Å². The highest BCUT2D eigenvalue weighted by Gasteiger charge is 2.13. The fourth-order valence-corrected chi connectivity index (χ4v) is 3.07. The SMILES string of the molecule is COc1ccc(NC(=O)CSc2nnnn2-c2ccc(Cl)cc2)cc1OC. The number of halogens is 1. The zero-order valence-corrected chi connectivity index (χ0v) is 16.1. The molecule has 0 bridgehead atoms. The number of nitrogens with one attached hydrogen (secondary N) is 1. The first-order valence-corrected chi connectivity index (χ1v) is 9.16. The number of amides is 1. The van der Waals surface area contributed by atoms with Gasteiger partial charge in [0.05, 0.1) is 25.7 Å². The van der Waals surface area contributed by atoms with E-state index in [9.17, 15) is 4.79 Å². The maximum atomic E-state index is 12.3. The quantitative estimate of drug-likeness (QED) is 0.604. The molecule has 0 saturated heterocycles. The molecule has 0 saturated carbocycles. The summed E-state index contributed by atoms with van der Waals surface area (Å²) in [7, 11) is 3.09. The topological polar surface area (TPSA) is 91.2 Å². The molecule has 3 rings (SSSR count). The molecule has 1 heterocycles. The van der Waals surface area contributed by atoms with E-state index >= 15 is 0 Å². The van der Waals surface area contributed by atoms with Crippen molar-refractivity contribution in [3.05, 3.63) is 47.5 Å². The van der Waals surface area contributed by atoms with Gasteiger partial charge in [0.2, 0.25) is 11.1 Å². The number of benzene rings is 2. The first kappa shape index (κ1) is 19.0. The maximum absolute atomic E-state index is 12.3. The molecule has 8 nitrogen and oxygen atoms in total. The molecule has 1 aromatic heterocycles. The lowest BCUT2D eigenvalue weighted by Gasteiger charge is -2.10. The van der Waals surface area contributed by atoms with Crippen LogP contribution in [0.5, 0.6) is 11.5 Å². The highest BCUT2D eigenvalue weighted by Crippen LogP contribution is 2.30. The Morgan fingerprint density at radius 2 is 1.89 bits per heavy atom. The van der Waals surface area contributed by atoms with E-state index in [4.69, 9.17) is 21.1 Å². The lowest BCUT2D eigenvalue weighted by Crippen LogP contribution is -2.14. The molecule has 10 heteroatoms. The van der Waals surface area contributed by atoms with Crippen molar-refractivity contribution in [3.8, 4) is 17.2 Å². The lowest BCUT2D eigenvalue weighted by atomic mass is 10.2. The van der Waals surface area contributed by atoms with Crippen molar-refractivity contribution >= 4 is 35.0 Å². The summed E-state index contributed by atoms with van der Waals surface area (Å²) in [5.74, 6) is 1.07. The summed E-state index contributed by atoms with van der Waals surface area (Å²) < 4.78 is 12.0. The Labute approximate surface area is 164 Å². The monoisotopic (exact) mass is 405 g/mol. The number of tetrazole rings is 1. The first-order chi connectivity index (χ1) is 13.1. The number of hydrogen-bond donors (Lipinski definition) is 1. The number of carbonyl (C=O) groups is 1. The lowest BCUT2D eigenvalue weighted by molar-refractivity contribution is -0.113. The van der Waals surface area contributed by atoms with E-state index in [0.29, 0.717) is 27.4 Å². The summed E-state index contributed by atoms with van der Waals surface area (Å²) in [6.07, 6.45) is 0. The van der Waals surface area contributed by atoms with Crippen LogP contribution in [0.2, 0.25) is 5.02 Å². The van der Waals surface area contributed by atoms with Gasteiger partial charge in [0.1, 0.15) is 0 Å². The van der Waals surface area contributed by atoms with Gasteiger partial charge < -0.3 is 14.8 Å². The third-order valence-electron chi connectivity index (χ3n) is 3.51. The Morgan fingerprint density at radius 1 is 1.15 bits per heavy atom. The maximum Gasteiger partial charge on any atom is 0.234 e. The summed E-state index contributed by atoms with van der Waals surface area (Å²) in [6, 6.07) is 12.2. The predicted octanol–water partition coefficient (Wildman–Crippen LogP) is 3.06. The molecule has 1 N–H and O–H groups in total. The van der Waals surface area contributed by atoms with E-state index in [1.165, 1.54) is 18.9 Å². The van der Waals surface area contributed by atoms with Crippen LogP contribution in [0.3, 0.4) is 0 Å². The van der Waals surface area contributed by atoms with Gasteiger partial charge in [-0.05, 0) is 46.8 Å². The summed E-state index contributed by atoms with van der Waals surface area (Å²) in [4.78, 5) is 12.3. The molecule has 140 valence electrons. The van der Waals surface area contributed by atoms with Crippen LogP contribution < -0.4 is 14.8 Å². The molecule has 3 aromatic rings. The summed E-state index contributed by atoms with van der Waals surface area (Å²) in [5, 5.41) is 15.5. The molecule has 2 aromatic carbocycles. The molecular formula is C17H16ClN5O3S. The molecule has 0 unspecified atom stereocenters. The largest absolute Gasteiger partial charge is 0.493 e. The molecule has 0 aliphatic heterocycles. The number of anilines is 1. The highest BCUT2D eigenvalue weighted by molar-refractivity contribution is 7.99. The van der Waals surface area contributed by atoms with Crippen LogP contribution in [0.25, 0.3) is 5.69 Å². The van der Waals surface area contributed by atoms with E-state index in [1.54, 1.807) is 54.3 Å². The van der Waals surface area contributed by atoms with Crippen LogP contribution in [0.15, 0.2) is 47.6 Å². The molecule has 0 fully saturated rings. The van der Waals surface area contributed by atoms with Gasteiger partial charge in [-0.15, -0.1) is 5.10 Å². The number of hydrogen-bond acceptors (Lipinski definition) is 7. The molecular weight excluding hydrogens is 390 g/mol. The van der Waals surface area contributed by atoms with Gasteiger partial charge >= 0.3 is 0 Å². The summed E-state index contributed by atoms with van der Waals surface area (Å²) >= 11 is 7.12. The Hall–Kier alpha value is -2.78. The van der Waals surface area contributed by atoms with Gasteiger partial charge in [-0.3, -0.25) is 4.79 Å². The van der Waals surface area contributed by atoms with Crippen molar-refractivity contribution in [1.82, 2.24) is 20.2 Å². The minimum absolute atomic E-state index is 0.141. The average molecular weight is 406 g/mol. The van der Waals surface area contributed by atoms with Crippen molar-refractivity contribution in [2.75, 3.05) is 25.3 Å². The normalized spacial score (nSPS) is 10.5. The van der Waals surface area contributed by atoms with Crippen LogP contribution in [-0.4, -0.2) is 46.1 Å². The van der Waals surface area contributed by atoms with Gasteiger partial charge in [0.25, 0.3) is 0 Å². The zero-order chi connectivity index (χ0) is 19.2. The Balaban J connectivity index is 1.63. The van der Waals surface area contributed by atoms with E-state index < -0.39 is 0 Å². The van der Waals surface area contributed by atoms with Gasteiger partial charge in [0, 0.05) is 16.8 Å². The van der Waals surface area contributed by atoms with Crippen LogP contribution in [-0.2, 0) is 4.79 Å². The number of thioether (sulfide) groups is 1. The number of ether oxygens (including phenoxy) is 2. The van der Waals surface area contributed by atoms with Crippen LogP contribution in [0.1, 0.15) is 0 Å². The van der Waals surface area contributed by atoms with Gasteiger partial charge in [-0.1, -0.05) is 23.4 Å². The number of methoxy groups -OCH3 is 2. The van der Waals surface area contributed by atoms with Crippen molar-refractivity contribution in [2.45, 2.75) is 5.16 Å². The molecule has 0 aliphatic carbocycles. The Morgan fingerprint density at radius 3 is 2.59 bits per heavy atom. The summed E-state index contributed by atoms with van der Waals surface area (Å²) in [6.45, 7) is 0. The van der Waals surface area contributed by atoms with Crippen molar-refractivity contribution in [2.24, 2.45) is 0 Å². The molecule has 0 spiro atoms. The van der Waals surface area contributed by atoms with Gasteiger partial charge in [-0.25, -0.2) is 0 Å². The second kappa shape index (κ2) is 8.74. The minimum Gasteiger partial charge on any atom is -0.493 e. The number of aromatic nitrogens is 4. The van der Waals surface area contributed by atoms with Crippen LogP contribution in [0, 0.1) is 0 Å². The second-order valence-electron chi connectivity index (χ2n) is 5.26. The number of rotatable bonds is 7. The first-order valence-electron chi connectivity index (χ1n) is 7.79. The Bertz CT molecular complexity index is 933. The van der Waals surface area contributed by atoms with E-state index in [1.807, 2.05) is 0 Å². The number of carbonyl (C=O) groups excluding carboxylic acids is 1. The molecule has 0 aliphatic rings. The molecule has 1 amide bonds. The molecule has 0 radical (unpaired) electrons. The number of nitrogens with zero attached hydrogens (tertiary/aromatic N) is 4. The van der Waals surface area contributed by atoms with Crippen molar-refractivity contribution in [1.29, 1.82) is 0 Å². The van der Waals surface area contributed by atoms with E-state index in [2.05, 4.69) is 20.8 Å². The average Bonchev–Trinajstić information content (AvgIpc) is 3.15. The second-order valence-corrected chi connectivity index (χ2v) is 6.64. The standard InChI is InChI=1S/C17H16ClN5O3S/c1-25-14-8-5-12(9-15(14)26-2)19-16(24)10-27-17-20-21-22-23(17)13-6-3-11(18)4-7-13/h3-9H,10H2,1-2H3,(H,19,24). The predicted molar refractivity (Wildman–Crippen MR) is 103 cm³/mol. The van der Waals surface area contributed by atoms with Gasteiger partial charge in [-0.2, -0.15) is 4.68 Å². The zero-order valence-electron chi connectivity index (χ0n) is 14.5. The third kappa shape index (κ3) is 4.69.